The highest BCUT2D eigenvalue weighted by molar-refractivity contribution is 7.98. The molecule has 2 amide bonds. The molecule has 0 rings (SSSR count). The van der Waals surface area contributed by atoms with Crippen molar-refractivity contribution < 1.29 is 14.3 Å². The molecule has 5 nitrogen and oxygen atoms in total. The van der Waals surface area contributed by atoms with Gasteiger partial charge in [0.05, 0.1) is 0 Å². The minimum Gasteiger partial charge on any atom is -0.444 e. The molecule has 1 unspecified atom stereocenters. The molecule has 0 aliphatic carbocycles. The van der Waals surface area contributed by atoms with E-state index < -0.39 is 17.7 Å². The number of rotatable bonds is 8. The summed E-state index contributed by atoms with van der Waals surface area (Å²) in [5.74, 6) is 0.667. The lowest BCUT2D eigenvalue weighted by molar-refractivity contribution is -0.124. The van der Waals surface area contributed by atoms with Gasteiger partial charge in [-0.15, -0.1) is 0 Å². The van der Waals surface area contributed by atoms with Crippen molar-refractivity contribution in [2.45, 2.75) is 71.6 Å². The summed E-state index contributed by atoms with van der Waals surface area (Å²) in [4.78, 5) is 24.1. The Morgan fingerprint density at radius 2 is 1.71 bits per heavy atom. The first-order chi connectivity index (χ1) is 9.73. The molecule has 0 aromatic carbocycles. The van der Waals surface area contributed by atoms with Crippen LogP contribution in [-0.4, -0.2) is 41.7 Å². The minimum atomic E-state index is -0.569. The quantitative estimate of drug-likeness (QED) is 0.722. The summed E-state index contributed by atoms with van der Waals surface area (Å²) in [6, 6.07) is -0.400. The Balaban J connectivity index is 4.63. The molecule has 0 spiro atoms. The Bertz CT molecular complexity index is 325. The summed E-state index contributed by atoms with van der Waals surface area (Å²) < 4.78 is 5.22. The fraction of sp³-hybridized carbons (Fsp3) is 0.867. The molecule has 2 N–H and O–H groups in total. The van der Waals surface area contributed by atoms with Crippen LogP contribution in [0.1, 0.15) is 53.9 Å². The van der Waals surface area contributed by atoms with Crippen LogP contribution in [-0.2, 0) is 9.53 Å². The topological polar surface area (TPSA) is 67.4 Å². The van der Waals surface area contributed by atoms with E-state index in [1.54, 1.807) is 32.5 Å². The highest BCUT2D eigenvalue weighted by Crippen LogP contribution is 2.08. The van der Waals surface area contributed by atoms with Crippen molar-refractivity contribution >= 4 is 23.8 Å². The zero-order valence-electron chi connectivity index (χ0n) is 14.1. The van der Waals surface area contributed by atoms with E-state index in [0.717, 1.165) is 18.6 Å². The van der Waals surface area contributed by atoms with Crippen molar-refractivity contribution in [1.82, 2.24) is 10.6 Å². The molecular formula is C15H30N2O3S. The molecule has 0 aromatic heterocycles. The van der Waals surface area contributed by atoms with Gasteiger partial charge >= 0.3 is 6.09 Å². The molecule has 0 fully saturated rings. The van der Waals surface area contributed by atoms with E-state index in [1.807, 2.05) is 20.1 Å². The maximum atomic E-state index is 12.3. The van der Waals surface area contributed by atoms with E-state index in [-0.39, 0.29) is 11.9 Å². The predicted octanol–water partition coefficient (Wildman–Crippen LogP) is 2.94. The summed E-state index contributed by atoms with van der Waals surface area (Å²) in [5.41, 5.74) is -0.569. The molecule has 0 saturated carbocycles. The van der Waals surface area contributed by atoms with Crippen molar-refractivity contribution in [3.05, 3.63) is 0 Å². The Morgan fingerprint density at radius 1 is 1.14 bits per heavy atom. The average molecular weight is 318 g/mol. The molecule has 1 atom stereocenters. The van der Waals surface area contributed by atoms with Gasteiger partial charge in [0, 0.05) is 6.04 Å². The van der Waals surface area contributed by atoms with Crippen LogP contribution in [0.15, 0.2) is 0 Å². The van der Waals surface area contributed by atoms with E-state index in [4.69, 9.17) is 4.74 Å². The van der Waals surface area contributed by atoms with Crippen LogP contribution >= 0.6 is 11.8 Å². The number of alkyl carbamates (subject to hydrolysis) is 1. The van der Waals surface area contributed by atoms with Gasteiger partial charge in [0.15, 0.2) is 0 Å². The third kappa shape index (κ3) is 9.61. The standard InChI is InChI=1S/C15H30N2O3S/c1-7-11(8-2)16-13(18)12(9-10-21-6)17-14(19)20-15(3,4)5/h11-12H,7-10H2,1-6H3,(H,16,18)(H,17,19). The SMILES string of the molecule is CCC(CC)NC(=O)C(CCSC)NC(=O)OC(C)(C)C. The number of amides is 2. The van der Waals surface area contributed by atoms with E-state index in [0.29, 0.717) is 6.42 Å². The molecule has 0 bridgehead atoms. The summed E-state index contributed by atoms with van der Waals surface area (Å²) in [6.07, 6.45) is 3.78. The number of ether oxygens (including phenoxy) is 1. The molecule has 124 valence electrons. The minimum absolute atomic E-state index is 0.136. The largest absolute Gasteiger partial charge is 0.444 e. The molecule has 0 aliphatic heterocycles. The van der Waals surface area contributed by atoms with E-state index >= 15 is 0 Å². The lowest BCUT2D eigenvalue weighted by Crippen LogP contribution is -2.50. The summed E-state index contributed by atoms with van der Waals surface area (Å²) >= 11 is 1.65. The van der Waals surface area contributed by atoms with Gasteiger partial charge in [0.25, 0.3) is 0 Å². The summed E-state index contributed by atoms with van der Waals surface area (Å²) in [7, 11) is 0. The van der Waals surface area contributed by atoms with Crippen molar-refractivity contribution in [1.29, 1.82) is 0 Å². The second-order valence-electron chi connectivity index (χ2n) is 6.00. The van der Waals surface area contributed by atoms with Crippen LogP contribution in [0.25, 0.3) is 0 Å². The van der Waals surface area contributed by atoms with Gasteiger partial charge < -0.3 is 15.4 Å². The third-order valence-corrected chi connectivity index (χ3v) is 3.59. The Kier molecular flexibility index (Phi) is 9.49. The molecule has 0 aromatic rings. The second-order valence-corrected chi connectivity index (χ2v) is 6.99. The van der Waals surface area contributed by atoms with Gasteiger partial charge in [0.1, 0.15) is 11.6 Å². The summed E-state index contributed by atoms with van der Waals surface area (Å²) in [6.45, 7) is 9.47. The number of nitrogens with one attached hydrogen (secondary N) is 2. The fourth-order valence-corrected chi connectivity index (χ4v) is 2.22. The molecule has 0 saturated heterocycles. The number of hydrogen-bond acceptors (Lipinski definition) is 4. The first-order valence-electron chi connectivity index (χ1n) is 7.52. The van der Waals surface area contributed by atoms with Crippen LogP contribution in [0.4, 0.5) is 4.79 Å². The molecular weight excluding hydrogens is 288 g/mol. The van der Waals surface area contributed by atoms with Crippen molar-refractivity contribution in [3.8, 4) is 0 Å². The maximum Gasteiger partial charge on any atom is 0.408 e. The fourth-order valence-electron chi connectivity index (χ4n) is 1.75. The number of carbonyl (C=O) groups is 2. The number of hydrogen-bond donors (Lipinski definition) is 2. The first kappa shape index (κ1) is 20.1. The monoisotopic (exact) mass is 318 g/mol. The first-order valence-corrected chi connectivity index (χ1v) is 8.91. The second kappa shape index (κ2) is 9.92. The van der Waals surface area contributed by atoms with E-state index in [9.17, 15) is 9.59 Å². The van der Waals surface area contributed by atoms with Crippen molar-refractivity contribution in [2.24, 2.45) is 0 Å². The molecule has 6 heteroatoms. The van der Waals surface area contributed by atoms with Gasteiger partial charge in [0.2, 0.25) is 5.91 Å². The van der Waals surface area contributed by atoms with Crippen molar-refractivity contribution in [2.75, 3.05) is 12.0 Å². The lowest BCUT2D eigenvalue weighted by Gasteiger charge is -2.24. The van der Waals surface area contributed by atoms with E-state index in [1.165, 1.54) is 0 Å². The summed E-state index contributed by atoms with van der Waals surface area (Å²) in [5, 5.41) is 5.65. The Labute approximate surface area is 133 Å². The van der Waals surface area contributed by atoms with E-state index in [2.05, 4.69) is 10.6 Å². The van der Waals surface area contributed by atoms with Gasteiger partial charge in [-0.1, -0.05) is 13.8 Å². The van der Waals surface area contributed by atoms with Crippen LogP contribution in [0.2, 0.25) is 0 Å². The van der Waals surface area contributed by atoms with Crippen LogP contribution in [0.3, 0.4) is 0 Å². The third-order valence-electron chi connectivity index (χ3n) is 2.95. The van der Waals surface area contributed by atoms with Gasteiger partial charge in [-0.05, 0) is 52.0 Å². The number of thioether (sulfide) groups is 1. The highest BCUT2D eigenvalue weighted by atomic mass is 32.2. The van der Waals surface area contributed by atoms with Crippen LogP contribution < -0.4 is 10.6 Å². The molecule has 0 aliphatic rings. The lowest BCUT2D eigenvalue weighted by atomic mass is 10.1. The van der Waals surface area contributed by atoms with Crippen molar-refractivity contribution in [3.63, 3.8) is 0 Å². The highest BCUT2D eigenvalue weighted by Gasteiger charge is 2.25. The predicted molar refractivity (Wildman–Crippen MR) is 88.7 cm³/mol. The van der Waals surface area contributed by atoms with Gasteiger partial charge in [-0.3, -0.25) is 4.79 Å². The van der Waals surface area contributed by atoms with Gasteiger partial charge in [-0.25, -0.2) is 4.79 Å². The zero-order valence-corrected chi connectivity index (χ0v) is 14.9. The Hall–Kier alpha value is -0.910. The molecule has 0 heterocycles. The normalized spacial score (nSPS) is 12.9. The van der Waals surface area contributed by atoms with Crippen LogP contribution in [0.5, 0.6) is 0 Å². The molecule has 21 heavy (non-hydrogen) atoms. The number of carbonyl (C=O) groups excluding carboxylic acids is 2. The maximum absolute atomic E-state index is 12.3. The Morgan fingerprint density at radius 3 is 2.14 bits per heavy atom. The zero-order chi connectivity index (χ0) is 16.5. The van der Waals surface area contributed by atoms with Gasteiger partial charge in [-0.2, -0.15) is 11.8 Å². The molecule has 0 radical (unpaired) electrons. The average Bonchev–Trinajstić information content (AvgIpc) is 2.38. The smallest absolute Gasteiger partial charge is 0.408 e. The van der Waals surface area contributed by atoms with Crippen LogP contribution in [0, 0.1) is 0 Å².